The molecular weight excluding hydrogens is 467 g/mol. The summed E-state index contributed by atoms with van der Waals surface area (Å²) in [5.74, 6) is 2.46. The summed E-state index contributed by atoms with van der Waals surface area (Å²) < 4.78 is 10.7. The first-order valence-corrected chi connectivity index (χ1v) is 9.99. The summed E-state index contributed by atoms with van der Waals surface area (Å²) in [7, 11) is 5.17. The number of halogens is 1. The van der Waals surface area contributed by atoms with Crippen LogP contribution in [0.15, 0.2) is 23.2 Å². The fourth-order valence-electron chi connectivity index (χ4n) is 3.48. The number of nitrogens with zero attached hydrogens (tertiary/aromatic N) is 2. The van der Waals surface area contributed by atoms with Crippen molar-refractivity contribution in [2.24, 2.45) is 4.99 Å². The number of piperidine rings is 1. The molecule has 1 aromatic rings. The molecule has 0 saturated carbocycles. The van der Waals surface area contributed by atoms with Gasteiger partial charge >= 0.3 is 0 Å². The third kappa shape index (κ3) is 7.66. The number of guanidine groups is 1. The molecule has 28 heavy (non-hydrogen) atoms. The highest BCUT2D eigenvalue weighted by Crippen LogP contribution is 2.27. The molecule has 0 spiro atoms. The molecule has 0 amide bonds. The van der Waals surface area contributed by atoms with Crippen LogP contribution in [0.3, 0.4) is 0 Å². The number of aryl methyl sites for hydroxylation is 1. The maximum Gasteiger partial charge on any atom is 0.191 e. The van der Waals surface area contributed by atoms with Gasteiger partial charge < -0.3 is 25.0 Å². The average Bonchev–Trinajstić information content (AvgIpc) is 2.70. The fraction of sp³-hybridized carbons (Fsp3) is 0.667. The summed E-state index contributed by atoms with van der Waals surface area (Å²) in [6, 6.07) is 7.26. The molecule has 0 aromatic heterocycles. The quantitative estimate of drug-likeness (QED) is 0.246. The van der Waals surface area contributed by atoms with E-state index < -0.39 is 0 Å². The van der Waals surface area contributed by atoms with Crippen LogP contribution in [0.2, 0.25) is 0 Å². The van der Waals surface area contributed by atoms with E-state index in [1.807, 2.05) is 13.1 Å². The highest BCUT2D eigenvalue weighted by Gasteiger charge is 2.21. The van der Waals surface area contributed by atoms with E-state index in [0.29, 0.717) is 12.1 Å². The molecule has 0 radical (unpaired) electrons. The van der Waals surface area contributed by atoms with Crippen LogP contribution in [-0.4, -0.2) is 63.8 Å². The third-order valence-electron chi connectivity index (χ3n) is 5.21. The predicted octanol–water partition coefficient (Wildman–Crippen LogP) is 3.29. The summed E-state index contributed by atoms with van der Waals surface area (Å²) in [4.78, 5) is 6.91. The minimum absolute atomic E-state index is 0. The van der Waals surface area contributed by atoms with Crippen molar-refractivity contribution in [2.75, 3.05) is 40.9 Å². The Balaban J connectivity index is 0.00000392. The van der Waals surface area contributed by atoms with Gasteiger partial charge in [-0.15, -0.1) is 24.0 Å². The number of methoxy groups -OCH3 is 2. The fourth-order valence-corrected chi connectivity index (χ4v) is 3.48. The Hall–Kier alpha value is -1.22. The molecule has 0 bridgehead atoms. The van der Waals surface area contributed by atoms with Crippen LogP contribution in [-0.2, 0) is 6.42 Å². The van der Waals surface area contributed by atoms with Crippen molar-refractivity contribution in [2.45, 2.75) is 51.6 Å². The second-order valence-corrected chi connectivity index (χ2v) is 7.34. The molecule has 2 N–H and O–H groups in total. The number of rotatable bonds is 8. The van der Waals surface area contributed by atoms with Crippen LogP contribution in [0.25, 0.3) is 0 Å². The Labute approximate surface area is 187 Å². The summed E-state index contributed by atoms with van der Waals surface area (Å²) in [6.07, 6.45) is 4.36. The van der Waals surface area contributed by atoms with E-state index in [0.717, 1.165) is 49.9 Å². The zero-order valence-corrected chi connectivity index (χ0v) is 20.3. The first kappa shape index (κ1) is 24.8. The van der Waals surface area contributed by atoms with Crippen molar-refractivity contribution in [1.82, 2.24) is 15.5 Å². The number of aliphatic imine (C=N–C) groups is 1. The van der Waals surface area contributed by atoms with Gasteiger partial charge in [0, 0.05) is 38.8 Å². The highest BCUT2D eigenvalue weighted by atomic mass is 127. The second kappa shape index (κ2) is 13.1. The monoisotopic (exact) mass is 504 g/mol. The molecule has 7 heteroatoms. The molecule has 0 unspecified atom stereocenters. The highest BCUT2D eigenvalue weighted by molar-refractivity contribution is 14.0. The number of hydrogen-bond donors (Lipinski definition) is 2. The van der Waals surface area contributed by atoms with E-state index in [1.165, 1.54) is 18.4 Å². The van der Waals surface area contributed by atoms with Crippen LogP contribution in [0.5, 0.6) is 11.5 Å². The van der Waals surface area contributed by atoms with E-state index in [9.17, 15) is 0 Å². The topological polar surface area (TPSA) is 58.1 Å². The van der Waals surface area contributed by atoms with Crippen LogP contribution in [0.1, 0.15) is 38.7 Å². The van der Waals surface area contributed by atoms with Gasteiger partial charge in [0.05, 0.1) is 14.2 Å². The predicted molar refractivity (Wildman–Crippen MR) is 128 cm³/mol. The van der Waals surface area contributed by atoms with Crippen LogP contribution in [0.4, 0.5) is 0 Å². The standard InChI is InChI=1S/C21H36N4O2.HI/c1-16(2)25-13-10-18(11-14-25)24-21(22-3)23-12-6-7-17-8-9-19(26-4)20(15-17)27-5;/h8-9,15-16,18H,6-7,10-14H2,1-5H3,(H2,22,23,24);1H. The summed E-state index contributed by atoms with van der Waals surface area (Å²) in [5, 5.41) is 7.01. The lowest BCUT2D eigenvalue weighted by Crippen LogP contribution is -2.50. The first-order valence-electron chi connectivity index (χ1n) is 9.99. The smallest absolute Gasteiger partial charge is 0.191 e. The number of benzene rings is 1. The third-order valence-corrected chi connectivity index (χ3v) is 5.21. The maximum atomic E-state index is 5.37. The first-order chi connectivity index (χ1) is 13.1. The van der Waals surface area contributed by atoms with Gasteiger partial charge in [-0.2, -0.15) is 0 Å². The zero-order valence-electron chi connectivity index (χ0n) is 18.0. The number of ether oxygens (including phenoxy) is 2. The molecule has 1 aromatic carbocycles. The van der Waals surface area contributed by atoms with Gasteiger partial charge in [-0.25, -0.2) is 0 Å². The molecule has 1 aliphatic heterocycles. The Morgan fingerprint density at radius 2 is 1.86 bits per heavy atom. The van der Waals surface area contributed by atoms with Crippen LogP contribution < -0.4 is 20.1 Å². The van der Waals surface area contributed by atoms with Gasteiger partial charge in [0.1, 0.15) is 0 Å². The van der Waals surface area contributed by atoms with Gasteiger partial charge in [0.25, 0.3) is 0 Å². The van der Waals surface area contributed by atoms with Gasteiger partial charge in [-0.05, 0) is 57.2 Å². The lowest BCUT2D eigenvalue weighted by atomic mass is 10.0. The SMILES string of the molecule is CN=C(NCCCc1ccc(OC)c(OC)c1)NC1CCN(C(C)C)CC1.I. The molecule has 1 aliphatic rings. The number of nitrogens with one attached hydrogen (secondary N) is 2. The minimum Gasteiger partial charge on any atom is -0.493 e. The van der Waals surface area contributed by atoms with Gasteiger partial charge in [-0.3, -0.25) is 4.99 Å². The average molecular weight is 504 g/mol. The van der Waals surface area contributed by atoms with Crippen molar-refractivity contribution in [1.29, 1.82) is 0 Å². The largest absolute Gasteiger partial charge is 0.493 e. The lowest BCUT2D eigenvalue weighted by Gasteiger charge is -2.35. The van der Waals surface area contributed by atoms with Crippen LogP contribution in [0, 0.1) is 0 Å². The van der Waals surface area contributed by atoms with Gasteiger partial charge in [-0.1, -0.05) is 6.07 Å². The summed E-state index contributed by atoms with van der Waals surface area (Å²) in [6.45, 7) is 7.75. The van der Waals surface area contributed by atoms with Crippen molar-refractivity contribution < 1.29 is 9.47 Å². The van der Waals surface area contributed by atoms with Crippen molar-refractivity contribution in [3.63, 3.8) is 0 Å². The van der Waals surface area contributed by atoms with E-state index >= 15 is 0 Å². The molecule has 160 valence electrons. The Kier molecular flexibility index (Phi) is 11.6. The maximum absolute atomic E-state index is 5.37. The van der Waals surface area contributed by atoms with E-state index in [-0.39, 0.29) is 24.0 Å². The molecule has 6 nitrogen and oxygen atoms in total. The summed E-state index contributed by atoms with van der Waals surface area (Å²) in [5.41, 5.74) is 1.25. The lowest BCUT2D eigenvalue weighted by molar-refractivity contribution is 0.167. The molecule has 0 aliphatic carbocycles. The molecule has 0 atom stereocenters. The Morgan fingerprint density at radius 3 is 2.43 bits per heavy atom. The summed E-state index contributed by atoms with van der Waals surface area (Å²) >= 11 is 0. The zero-order chi connectivity index (χ0) is 19.6. The molecular formula is C21H37IN4O2. The minimum atomic E-state index is 0. The number of likely N-dealkylation sites (tertiary alicyclic amines) is 1. The number of hydrogen-bond acceptors (Lipinski definition) is 4. The van der Waals surface area contributed by atoms with Crippen molar-refractivity contribution in [3.05, 3.63) is 23.8 Å². The Bertz CT molecular complexity index is 602. The molecule has 2 rings (SSSR count). The van der Waals surface area contributed by atoms with Gasteiger partial charge in [0.15, 0.2) is 17.5 Å². The molecule has 1 saturated heterocycles. The van der Waals surface area contributed by atoms with E-state index in [1.54, 1.807) is 14.2 Å². The normalized spacial score (nSPS) is 15.9. The van der Waals surface area contributed by atoms with E-state index in [4.69, 9.17) is 9.47 Å². The molecule has 1 fully saturated rings. The second-order valence-electron chi connectivity index (χ2n) is 7.34. The Morgan fingerprint density at radius 1 is 1.18 bits per heavy atom. The van der Waals surface area contributed by atoms with Gasteiger partial charge in [0.2, 0.25) is 0 Å². The van der Waals surface area contributed by atoms with Crippen molar-refractivity contribution in [3.8, 4) is 11.5 Å². The van der Waals surface area contributed by atoms with Crippen LogP contribution >= 0.6 is 24.0 Å². The van der Waals surface area contributed by atoms with E-state index in [2.05, 4.69) is 46.5 Å². The van der Waals surface area contributed by atoms with Crippen molar-refractivity contribution >= 4 is 29.9 Å². The molecule has 1 heterocycles.